The lowest BCUT2D eigenvalue weighted by Crippen LogP contribution is -2.52. The number of nitrogens with two attached hydrogens (primary N) is 1. The van der Waals surface area contributed by atoms with Gasteiger partial charge in [-0.1, -0.05) is 13.8 Å². The number of primary sulfonamides is 1. The van der Waals surface area contributed by atoms with Crippen LogP contribution in [0, 0.1) is 17.2 Å². The molecule has 0 fully saturated rings. The summed E-state index contributed by atoms with van der Waals surface area (Å²) in [5.41, 5.74) is -1.12. The standard InChI is InChI=1S/C14H19N3O6S/c1-8(2)14(4,7-15)17-12(18)9(3)22-13(19)10-5-6-11(23-10)24(16,20)21/h5-6,8-9H,1-4H3,(H,17,18)(H2,16,20,21). The molecule has 9 nitrogen and oxygen atoms in total. The number of carbonyl (C=O) groups is 2. The number of nitrogens with one attached hydrogen (secondary N) is 1. The minimum absolute atomic E-state index is 0.170. The van der Waals surface area contributed by atoms with E-state index in [9.17, 15) is 18.0 Å². The van der Waals surface area contributed by atoms with Gasteiger partial charge in [0.25, 0.3) is 15.9 Å². The number of nitriles is 1. The molecule has 1 amide bonds. The number of nitrogens with zero attached hydrogens (tertiary/aromatic N) is 1. The Labute approximate surface area is 139 Å². The van der Waals surface area contributed by atoms with Gasteiger partial charge in [-0.05, 0) is 31.9 Å². The Kier molecular flexibility index (Phi) is 5.75. The number of sulfonamides is 1. The highest BCUT2D eigenvalue weighted by molar-refractivity contribution is 7.89. The predicted molar refractivity (Wildman–Crippen MR) is 82.0 cm³/mol. The second-order valence-electron chi connectivity index (χ2n) is 5.67. The Morgan fingerprint density at radius 3 is 2.38 bits per heavy atom. The van der Waals surface area contributed by atoms with Crippen molar-refractivity contribution in [1.82, 2.24) is 5.32 Å². The lowest BCUT2D eigenvalue weighted by atomic mass is 9.90. The van der Waals surface area contributed by atoms with Gasteiger partial charge in [0.2, 0.25) is 10.9 Å². The summed E-state index contributed by atoms with van der Waals surface area (Å²) in [6, 6.07) is 4.07. The fraction of sp³-hybridized carbons (Fsp3) is 0.500. The molecule has 3 N–H and O–H groups in total. The van der Waals surface area contributed by atoms with E-state index in [-0.39, 0.29) is 5.92 Å². The van der Waals surface area contributed by atoms with Crippen LogP contribution in [0.25, 0.3) is 0 Å². The van der Waals surface area contributed by atoms with Gasteiger partial charge in [-0.15, -0.1) is 0 Å². The summed E-state index contributed by atoms with van der Waals surface area (Å²) in [7, 11) is -4.09. The summed E-state index contributed by atoms with van der Waals surface area (Å²) in [5.74, 6) is -2.28. The summed E-state index contributed by atoms with van der Waals surface area (Å²) in [4.78, 5) is 23.9. The number of amides is 1. The summed E-state index contributed by atoms with van der Waals surface area (Å²) >= 11 is 0. The minimum Gasteiger partial charge on any atom is -0.447 e. The van der Waals surface area contributed by atoms with Crippen LogP contribution in [0.2, 0.25) is 0 Å². The first-order valence-corrected chi connectivity index (χ1v) is 8.52. The third-order valence-corrected chi connectivity index (χ3v) is 4.27. The van der Waals surface area contributed by atoms with Crippen LogP contribution in [-0.2, 0) is 19.6 Å². The third-order valence-electron chi connectivity index (χ3n) is 3.49. The summed E-state index contributed by atoms with van der Waals surface area (Å²) in [6.45, 7) is 6.39. The zero-order chi connectivity index (χ0) is 18.7. The van der Waals surface area contributed by atoms with E-state index in [2.05, 4.69) is 5.32 Å². The second kappa shape index (κ2) is 7.02. The highest BCUT2D eigenvalue weighted by atomic mass is 32.2. The molecule has 1 rings (SSSR count). The maximum absolute atomic E-state index is 12.1. The first-order chi connectivity index (χ1) is 10.9. The van der Waals surface area contributed by atoms with Gasteiger partial charge in [-0.25, -0.2) is 18.4 Å². The smallest absolute Gasteiger partial charge is 0.375 e. The van der Waals surface area contributed by atoms with Gasteiger partial charge < -0.3 is 14.5 Å². The number of rotatable bonds is 6. The number of furan rings is 1. The van der Waals surface area contributed by atoms with Crippen LogP contribution in [0.3, 0.4) is 0 Å². The van der Waals surface area contributed by atoms with Gasteiger partial charge in [0.15, 0.2) is 6.10 Å². The molecule has 0 aliphatic rings. The van der Waals surface area contributed by atoms with Gasteiger partial charge in [0, 0.05) is 0 Å². The van der Waals surface area contributed by atoms with Crippen molar-refractivity contribution in [2.45, 2.75) is 44.4 Å². The van der Waals surface area contributed by atoms with Crippen LogP contribution in [0.15, 0.2) is 21.6 Å². The summed E-state index contributed by atoms with van der Waals surface area (Å²) < 4.78 is 31.9. The van der Waals surface area contributed by atoms with Crippen molar-refractivity contribution in [2.75, 3.05) is 0 Å². The Morgan fingerprint density at radius 1 is 1.38 bits per heavy atom. The molecule has 0 bridgehead atoms. The average Bonchev–Trinajstić information content (AvgIpc) is 2.96. The van der Waals surface area contributed by atoms with Gasteiger partial charge in [-0.2, -0.15) is 5.26 Å². The number of carbonyl (C=O) groups excluding carboxylic acids is 2. The summed E-state index contributed by atoms with van der Waals surface area (Å²) in [5, 5.41) is 15.9. The van der Waals surface area contributed by atoms with Crippen molar-refractivity contribution in [3.8, 4) is 6.07 Å². The maximum atomic E-state index is 12.1. The van der Waals surface area contributed by atoms with E-state index >= 15 is 0 Å². The predicted octanol–water partition coefficient (Wildman–Crippen LogP) is 0.527. The highest BCUT2D eigenvalue weighted by Gasteiger charge is 2.33. The van der Waals surface area contributed by atoms with Crippen molar-refractivity contribution in [2.24, 2.45) is 11.1 Å². The fourth-order valence-corrected chi connectivity index (χ4v) is 1.98. The maximum Gasteiger partial charge on any atom is 0.375 e. The highest BCUT2D eigenvalue weighted by Crippen LogP contribution is 2.17. The van der Waals surface area contributed by atoms with Crippen LogP contribution >= 0.6 is 0 Å². The molecule has 132 valence electrons. The number of ether oxygens (including phenoxy) is 1. The van der Waals surface area contributed by atoms with Gasteiger partial charge in [0.05, 0.1) is 6.07 Å². The SMILES string of the molecule is CC(OC(=O)c1ccc(S(N)(=O)=O)o1)C(=O)NC(C)(C#N)C(C)C. The lowest BCUT2D eigenvalue weighted by molar-refractivity contribution is -0.130. The molecule has 0 aromatic carbocycles. The zero-order valence-electron chi connectivity index (χ0n) is 13.7. The zero-order valence-corrected chi connectivity index (χ0v) is 14.5. The van der Waals surface area contributed by atoms with E-state index in [4.69, 9.17) is 19.6 Å². The average molecular weight is 357 g/mol. The van der Waals surface area contributed by atoms with Crippen molar-refractivity contribution in [3.05, 3.63) is 17.9 Å². The van der Waals surface area contributed by atoms with E-state index in [1.807, 2.05) is 6.07 Å². The van der Waals surface area contributed by atoms with Crippen molar-refractivity contribution in [1.29, 1.82) is 5.26 Å². The molecule has 1 heterocycles. The normalized spacial score (nSPS) is 15.2. The van der Waals surface area contributed by atoms with Crippen molar-refractivity contribution < 1.29 is 27.2 Å². The van der Waals surface area contributed by atoms with Crippen LogP contribution in [-0.4, -0.2) is 31.9 Å². The number of esters is 1. The van der Waals surface area contributed by atoms with E-state index in [1.54, 1.807) is 20.8 Å². The molecule has 1 aromatic heterocycles. The van der Waals surface area contributed by atoms with Gasteiger partial charge in [0.1, 0.15) is 5.54 Å². The Balaban J connectivity index is 2.79. The molecule has 0 aliphatic heterocycles. The topological polar surface area (TPSA) is 152 Å². The molecule has 0 aliphatic carbocycles. The Morgan fingerprint density at radius 2 is 1.96 bits per heavy atom. The molecule has 24 heavy (non-hydrogen) atoms. The minimum atomic E-state index is -4.09. The van der Waals surface area contributed by atoms with Crippen LogP contribution in [0.5, 0.6) is 0 Å². The fourth-order valence-electron chi connectivity index (χ4n) is 1.51. The van der Waals surface area contributed by atoms with E-state index in [0.717, 1.165) is 12.1 Å². The Bertz CT molecular complexity index is 777. The largest absolute Gasteiger partial charge is 0.447 e. The quantitative estimate of drug-likeness (QED) is 0.704. The van der Waals surface area contributed by atoms with Crippen LogP contribution in [0.4, 0.5) is 0 Å². The third kappa shape index (κ3) is 4.56. The second-order valence-corrected chi connectivity index (χ2v) is 7.16. The van der Waals surface area contributed by atoms with Gasteiger partial charge >= 0.3 is 5.97 Å². The first-order valence-electron chi connectivity index (χ1n) is 6.97. The monoisotopic (exact) mass is 357 g/mol. The molecular formula is C14H19N3O6S. The molecule has 0 saturated heterocycles. The molecule has 0 radical (unpaired) electrons. The Hall–Kier alpha value is -2.38. The molecular weight excluding hydrogens is 338 g/mol. The molecule has 1 aromatic rings. The lowest BCUT2D eigenvalue weighted by Gasteiger charge is -2.28. The van der Waals surface area contributed by atoms with Crippen molar-refractivity contribution in [3.63, 3.8) is 0 Å². The van der Waals surface area contributed by atoms with E-state index < -0.39 is 44.4 Å². The molecule has 0 spiro atoms. The van der Waals surface area contributed by atoms with Gasteiger partial charge in [-0.3, -0.25) is 4.79 Å². The molecule has 10 heteroatoms. The van der Waals surface area contributed by atoms with Crippen LogP contribution < -0.4 is 10.5 Å². The molecule has 0 saturated carbocycles. The summed E-state index contributed by atoms with van der Waals surface area (Å²) in [6.07, 6.45) is -1.22. The number of hydrogen-bond donors (Lipinski definition) is 2. The first kappa shape index (κ1) is 19.7. The van der Waals surface area contributed by atoms with E-state index in [0.29, 0.717) is 0 Å². The van der Waals surface area contributed by atoms with E-state index in [1.165, 1.54) is 6.92 Å². The molecule has 2 unspecified atom stereocenters. The molecule has 2 atom stereocenters. The van der Waals surface area contributed by atoms with Crippen molar-refractivity contribution >= 4 is 21.9 Å². The number of hydrogen-bond acceptors (Lipinski definition) is 7. The van der Waals surface area contributed by atoms with Crippen LogP contribution in [0.1, 0.15) is 38.2 Å².